The number of nitrogens with zero attached hydrogens (tertiary/aromatic N) is 2. The first-order valence-electron chi connectivity index (χ1n) is 9.32. The van der Waals surface area contributed by atoms with Crippen LogP contribution >= 0.6 is 11.8 Å². The second kappa shape index (κ2) is 8.45. The highest BCUT2D eigenvalue weighted by molar-refractivity contribution is 8.00. The van der Waals surface area contributed by atoms with Crippen LogP contribution in [0, 0.1) is 5.41 Å². The Hall–Kier alpha value is -0.910. The van der Waals surface area contributed by atoms with Gasteiger partial charge in [0, 0.05) is 37.2 Å². The third kappa shape index (κ3) is 4.80. The quantitative estimate of drug-likeness (QED) is 0.601. The lowest BCUT2D eigenvalue weighted by molar-refractivity contribution is -0.128. The summed E-state index contributed by atoms with van der Waals surface area (Å²) < 4.78 is 0.420. The second-order valence-corrected chi connectivity index (χ2v) is 9.21. The molecule has 0 aromatic carbocycles. The molecule has 0 aromatic heterocycles. The van der Waals surface area contributed by atoms with Gasteiger partial charge in [-0.25, -0.2) is 0 Å². The van der Waals surface area contributed by atoms with E-state index in [2.05, 4.69) is 34.2 Å². The van der Waals surface area contributed by atoms with E-state index >= 15 is 0 Å². The fraction of sp³-hybridized carbons (Fsp3) is 0.889. The molecule has 2 N–H and O–H groups in total. The monoisotopic (exact) mass is 354 g/mol. The van der Waals surface area contributed by atoms with Crippen molar-refractivity contribution in [3.63, 3.8) is 0 Å². The van der Waals surface area contributed by atoms with Crippen molar-refractivity contribution in [1.82, 2.24) is 15.5 Å². The minimum atomic E-state index is -0.484. The van der Waals surface area contributed by atoms with Gasteiger partial charge in [-0.15, -0.1) is 0 Å². The van der Waals surface area contributed by atoms with E-state index in [1.807, 2.05) is 13.8 Å². The van der Waals surface area contributed by atoms with Gasteiger partial charge in [0.1, 0.15) is 0 Å². The average Bonchev–Trinajstić information content (AvgIpc) is 2.58. The molecule has 2 fully saturated rings. The summed E-state index contributed by atoms with van der Waals surface area (Å²) >= 11 is 2.17. The van der Waals surface area contributed by atoms with Gasteiger partial charge in [0.05, 0.1) is 12.0 Å². The molecule has 1 aliphatic heterocycles. The van der Waals surface area contributed by atoms with E-state index in [4.69, 9.17) is 4.99 Å². The molecule has 1 saturated heterocycles. The van der Waals surface area contributed by atoms with Gasteiger partial charge >= 0.3 is 0 Å². The molecule has 2 aliphatic rings. The summed E-state index contributed by atoms with van der Waals surface area (Å²) in [6.45, 7) is 9.50. The summed E-state index contributed by atoms with van der Waals surface area (Å²) in [6, 6.07) is 0. The number of carbonyl (C=O) groups excluding carboxylic acids is 1. The summed E-state index contributed by atoms with van der Waals surface area (Å²) in [6.07, 6.45) is 6.77. The van der Waals surface area contributed by atoms with Gasteiger partial charge in [0.15, 0.2) is 5.96 Å². The van der Waals surface area contributed by atoms with Gasteiger partial charge in [0.2, 0.25) is 5.91 Å². The maximum Gasteiger partial charge on any atom is 0.227 e. The Morgan fingerprint density at radius 1 is 1.29 bits per heavy atom. The first-order chi connectivity index (χ1) is 11.4. The third-order valence-corrected chi connectivity index (χ3v) is 6.65. The number of amides is 1. The van der Waals surface area contributed by atoms with Crippen molar-refractivity contribution in [2.75, 3.05) is 39.0 Å². The Balaban J connectivity index is 2.08. The van der Waals surface area contributed by atoms with Gasteiger partial charge in [-0.1, -0.05) is 19.3 Å². The maximum atomic E-state index is 12.0. The number of carbonyl (C=O) groups is 1. The van der Waals surface area contributed by atoms with Gasteiger partial charge in [0.25, 0.3) is 0 Å². The zero-order valence-corrected chi connectivity index (χ0v) is 16.6. The van der Waals surface area contributed by atoms with Crippen molar-refractivity contribution in [1.29, 1.82) is 0 Å². The average molecular weight is 355 g/mol. The molecule has 6 heteroatoms. The lowest BCUT2D eigenvalue weighted by Crippen LogP contribution is -2.53. The molecule has 5 nitrogen and oxygen atoms in total. The van der Waals surface area contributed by atoms with Crippen LogP contribution in [0.3, 0.4) is 0 Å². The first kappa shape index (κ1) is 19.4. The van der Waals surface area contributed by atoms with E-state index in [9.17, 15) is 4.79 Å². The molecule has 0 atom stereocenters. The van der Waals surface area contributed by atoms with E-state index in [0.29, 0.717) is 11.3 Å². The van der Waals surface area contributed by atoms with Gasteiger partial charge in [-0.2, -0.15) is 11.8 Å². The second-order valence-electron chi connectivity index (χ2n) is 7.65. The molecule has 24 heavy (non-hydrogen) atoms. The van der Waals surface area contributed by atoms with E-state index in [0.717, 1.165) is 25.6 Å². The van der Waals surface area contributed by atoms with E-state index < -0.39 is 5.41 Å². The smallest absolute Gasteiger partial charge is 0.227 e. The highest BCUT2D eigenvalue weighted by Gasteiger charge is 2.38. The standard InChI is InChI=1S/C18H34N4OS/c1-5-20-16(21-13-17(2,3)15(23)19-4)22-11-12-24-18(14-22)9-7-6-8-10-18/h5-14H2,1-4H3,(H,19,23)(H,20,21). The molecule has 0 bridgehead atoms. The van der Waals surface area contributed by atoms with Crippen molar-refractivity contribution in [2.24, 2.45) is 10.4 Å². The predicted octanol–water partition coefficient (Wildman–Crippen LogP) is 2.48. The minimum Gasteiger partial charge on any atom is -0.359 e. The summed E-state index contributed by atoms with van der Waals surface area (Å²) in [5.74, 6) is 2.18. The number of guanidine groups is 1. The largest absolute Gasteiger partial charge is 0.359 e. The summed E-state index contributed by atoms with van der Waals surface area (Å²) in [5.41, 5.74) is -0.484. The molecule has 1 heterocycles. The summed E-state index contributed by atoms with van der Waals surface area (Å²) in [4.78, 5) is 19.2. The summed E-state index contributed by atoms with van der Waals surface area (Å²) in [7, 11) is 1.69. The number of thioether (sulfide) groups is 1. The molecular weight excluding hydrogens is 320 g/mol. The highest BCUT2D eigenvalue weighted by atomic mass is 32.2. The van der Waals surface area contributed by atoms with Crippen molar-refractivity contribution in [3.8, 4) is 0 Å². The summed E-state index contributed by atoms with van der Waals surface area (Å²) in [5, 5.41) is 6.18. The molecular formula is C18H34N4OS. The van der Waals surface area contributed by atoms with Crippen LogP contribution in [-0.4, -0.2) is 60.5 Å². The molecule has 1 spiro atoms. The van der Waals surface area contributed by atoms with Crippen LogP contribution < -0.4 is 10.6 Å². The highest BCUT2D eigenvalue weighted by Crippen LogP contribution is 2.42. The number of rotatable bonds is 4. The van der Waals surface area contributed by atoms with Gasteiger partial charge < -0.3 is 15.5 Å². The van der Waals surface area contributed by atoms with Crippen molar-refractivity contribution in [2.45, 2.75) is 57.6 Å². The van der Waals surface area contributed by atoms with Gasteiger partial charge in [-0.3, -0.25) is 9.79 Å². The zero-order chi connectivity index (χ0) is 17.6. The molecule has 0 unspecified atom stereocenters. The fourth-order valence-corrected chi connectivity index (χ4v) is 5.20. The molecule has 138 valence electrons. The number of hydrogen-bond acceptors (Lipinski definition) is 3. The Kier molecular flexibility index (Phi) is 6.84. The van der Waals surface area contributed by atoms with E-state index in [1.54, 1.807) is 7.05 Å². The van der Waals surface area contributed by atoms with Crippen LogP contribution in [0.2, 0.25) is 0 Å². The predicted molar refractivity (Wildman–Crippen MR) is 104 cm³/mol. The topological polar surface area (TPSA) is 56.7 Å². The van der Waals surface area contributed by atoms with Crippen molar-refractivity contribution < 1.29 is 4.79 Å². The van der Waals surface area contributed by atoms with E-state index in [-0.39, 0.29) is 5.91 Å². The molecule has 2 rings (SSSR count). The number of nitrogens with one attached hydrogen (secondary N) is 2. The van der Waals surface area contributed by atoms with Gasteiger partial charge in [-0.05, 0) is 33.6 Å². The van der Waals surface area contributed by atoms with Crippen LogP contribution in [0.5, 0.6) is 0 Å². The molecule has 1 aliphatic carbocycles. The van der Waals surface area contributed by atoms with Crippen LogP contribution in [-0.2, 0) is 4.79 Å². The van der Waals surface area contributed by atoms with Crippen LogP contribution in [0.25, 0.3) is 0 Å². The lowest BCUT2D eigenvalue weighted by atomic mass is 9.87. The van der Waals surface area contributed by atoms with Crippen molar-refractivity contribution in [3.05, 3.63) is 0 Å². The number of hydrogen-bond donors (Lipinski definition) is 2. The fourth-order valence-electron chi connectivity index (χ4n) is 3.63. The Labute approximate surface area is 151 Å². The minimum absolute atomic E-state index is 0.0417. The zero-order valence-electron chi connectivity index (χ0n) is 15.8. The van der Waals surface area contributed by atoms with Crippen molar-refractivity contribution >= 4 is 23.6 Å². The van der Waals surface area contributed by atoms with Crippen LogP contribution in [0.15, 0.2) is 4.99 Å². The Bertz CT molecular complexity index is 452. The molecule has 0 aromatic rings. The molecule has 1 amide bonds. The first-order valence-corrected chi connectivity index (χ1v) is 10.3. The number of aliphatic imine (C=N–C) groups is 1. The Morgan fingerprint density at radius 3 is 2.62 bits per heavy atom. The van der Waals surface area contributed by atoms with Crippen LogP contribution in [0.4, 0.5) is 0 Å². The van der Waals surface area contributed by atoms with Crippen LogP contribution in [0.1, 0.15) is 52.9 Å². The maximum absolute atomic E-state index is 12.0. The molecule has 1 saturated carbocycles. The normalized spacial score (nSPS) is 21.7. The van der Waals surface area contributed by atoms with E-state index in [1.165, 1.54) is 37.9 Å². The lowest BCUT2D eigenvalue weighted by Gasteiger charge is -2.45. The third-order valence-electron chi connectivity index (χ3n) is 5.11. The Morgan fingerprint density at radius 2 is 2.00 bits per heavy atom. The SMILES string of the molecule is CCNC(=NCC(C)(C)C(=O)NC)N1CCSC2(CCCCC2)C1. The molecule has 0 radical (unpaired) electrons.